The third-order valence-electron chi connectivity index (χ3n) is 3.40. The highest BCUT2D eigenvalue weighted by Gasteiger charge is 2.33. The first-order chi connectivity index (χ1) is 10.6. The number of hydrazone groups is 1. The van der Waals surface area contributed by atoms with Gasteiger partial charge in [0.15, 0.2) is 11.3 Å². The molecule has 0 saturated carbocycles. The van der Waals surface area contributed by atoms with Crippen LogP contribution in [0.4, 0.5) is 0 Å². The molecule has 0 amide bonds. The monoisotopic (exact) mass is 316 g/mol. The quantitative estimate of drug-likeness (QED) is 0.451. The molecule has 2 aliphatic rings. The third-order valence-corrected chi connectivity index (χ3v) is 3.87. The van der Waals surface area contributed by atoms with Gasteiger partial charge < -0.3 is 9.84 Å². The molecule has 1 aliphatic carbocycles. The number of hydrazine groups is 1. The van der Waals surface area contributed by atoms with Crippen LogP contribution in [0.5, 0.6) is 5.75 Å². The van der Waals surface area contributed by atoms with E-state index in [1.807, 2.05) is 36.4 Å². The van der Waals surface area contributed by atoms with E-state index in [4.69, 9.17) is 10.6 Å². The Morgan fingerprint density at radius 2 is 1.91 bits per heavy atom. The minimum atomic E-state index is -0.591. The number of hydrogen-bond acceptors (Lipinski definition) is 7. The number of amidine groups is 1. The van der Waals surface area contributed by atoms with Crippen LogP contribution in [0.2, 0.25) is 0 Å². The van der Waals surface area contributed by atoms with Crippen molar-refractivity contribution < 1.29 is 9.84 Å². The lowest BCUT2D eigenvalue weighted by molar-refractivity contribution is 0.161. The van der Waals surface area contributed by atoms with Gasteiger partial charge in [-0.1, -0.05) is 12.2 Å². The maximum Gasteiger partial charge on any atom is 0.217 e. The molecule has 0 radical (unpaired) electrons. The standard InChI is InChI=1S/C15H16N4O2S/c1-21-12-8-6-10(7-9-12)13-17-19(15(22)18(13)16)14(20)11-4-2-3-5-11/h2-9,15,20,22H,16H2,1H3. The lowest BCUT2D eigenvalue weighted by Crippen LogP contribution is -2.43. The molecule has 0 fully saturated rings. The van der Waals surface area contributed by atoms with Crippen LogP contribution in [0.15, 0.2) is 65.1 Å². The van der Waals surface area contributed by atoms with Crippen LogP contribution in [-0.2, 0) is 0 Å². The average molecular weight is 316 g/mol. The molecular weight excluding hydrogens is 300 g/mol. The van der Waals surface area contributed by atoms with Crippen molar-refractivity contribution in [2.45, 2.75) is 5.50 Å². The van der Waals surface area contributed by atoms with Crippen LogP contribution >= 0.6 is 12.6 Å². The lowest BCUT2D eigenvalue weighted by atomic mass is 10.2. The van der Waals surface area contributed by atoms with Gasteiger partial charge in [-0.15, -0.1) is 17.7 Å². The van der Waals surface area contributed by atoms with Gasteiger partial charge in [0, 0.05) is 11.1 Å². The minimum absolute atomic E-state index is 0.00367. The van der Waals surface area contributed by atoms with E-state index in [2.05, 4.69) is 17.7 Å². The van der Waals surface area contributed by atoms with Crippen LogP contribution in [-0.4, -0.2) is 33.6 Å². The molecule has 1 heterocycles. The van der Waals surface area contributed by atoms with Crippen molar-refractivity contribution in [1.29, 1.82) is 0 Å². The number of rotatable bonds is 3. The Balaban J connectivity index is 1.94. The van der Waals surface area contributed by atoms with Crippen LogP contribution < -0.4 is 10.6 Å². The Morgan fingerprint density at radius 3 is 2.50 bits per heavy atom. The minimum Gasteiger partial charge on any atom is -0.497 e. The Bertz CT molecular complexity index is 680. The average Bonchev–Trinajstić information content (AvgIpc) is 3.17. The number of aliphatic hydroxyl groups excluding tert-OH is 1. The number of allylic oxidation sites excluding steroid dienone is 5. The summed E-state index contributed by atoms with van der Waals surface area (Å²) in [5.74, 6) is 7.30. The van der Waals surface area contributed by atoms with E-state index in [0.29, 0.717) is 11.4 Å². The first-order valence-corrected chi connectivity index (χ1v) is 7.15. The summed E-state index contributed by atoms with van der Waals surface area (Å²) in [6.07, 6.45) is 7.25. The number of ether oxygens (including phenoxy) is 1. The predicted molar refractivity (Wildman–Crippen MR) is 88.1 cm³/mol. The summed E-state index contributed by atoms with van der Waals surface area (Å²) in [6.45, 7) is 0. The molecule has 1 unspecified atom stereocenters. The van der Waals surface area contributed by atoms with Crippen molar-refractivity contribution in [3.63, 3.8) is 0 Å². The second-order valence-corrected chi connectivity index (χ2v) is 5.21. The SMILES string of the molecule is COc1ccc(C2=NN(C(O)=C3C=CC=C3)C(S)N2N)cc1. The van der Waals surface area contributed by atoms with Gasteiger partial charge in [-0.05, 0) is 36.4 Å². The number of nitrogens with two attached hydrogens (primary N) is 1. The number of aliphatic hydroxyl groups is 1. The van der Waals surface area contributed by atoms with Gasteiger partial charge in [-0.2, -0.15) is 5.01 Å². The predicted octanol–water partition coefficient (Wildman–Crippen LogP) is 1.96. The first kappa shape index (κ1) is 14.6. The molecule has 1 aliphatic heterocycles. The lowest BCUT2D eigenvalue weighted by Gasteiger charge is -2.23. The normalized spacial score (nSPS) is 19.9. The fraction of sp³-hybridized carbons (Fsp3) is 0.133. The van der Waals surface area contributed by atoms with Gasteiger partial charge in [-0.25, -0.2) is 5.84 Å². The molecule has 22 heavy (non-hydrogen) atoms. The molecule has 0 bridgehead atoms. The Hall–Kier alpha value is -2.38. The summed E-state index contributed by atoms with van der Waals surface area (Å²) in [5.41, 5.74) is 0.874. The highest BCUT2D eigenvalue weighted by Crippen LogP contribution is 2.27. The van der Waals surface area contributed by atoms with Crippen molar-refractivity contribution in [1.82, 2.24) is 10.0 Å². The van der Waals surface area contributed by atoms with E-state index in [9.17, 15) is 5.11 Å². The molecule has 1 aromatic carbocycles. The van der Waals surface area contributed by atoms with Crippen LogP contribution in [0, 0.1) is 0 Å². The zero-order valence-corrected chi connectivity index (χ0v) is 12.8. The van der Waals surface area contributed by atoms with Crippen molar-refractivity contribution in [2.24, 2.45) is 10.9 Å². The number of nitrogens with zero attached hydrogens (tertiary/aromatic N) is 3. The molecular formula is C15H16N4O2S. The van der Waals surface area contributed by atoms with Crippen molar-refractivity contribution in [3.05, 3.63) is 65.6 Å². The highest BCUT2D eigenvalue weighted by molar-refractivity contribution is 7.80. The Morgan fingerprint density at radius 1 is 1.27 bits per heavy atom. The fourth-order valence-corrected chi connectivity index (χ4v) is 2.46. The number of thiol groups is 1. The van der Waals surface area contributed by atoms with E-state index in [0.717, 1.165) is 11.3 Å². The van der Waals surface area contributed by atoms with Gasteiger partial charge in [-0.3, -0.25) is 5.01 Å². The number of benzene rings is 1. The van der Waals surface area contributed by atoms with Gasteiger partial charge >= 0.3 is 0 Å². The summed E-state index contributed by atoms with van der Waals surface area (Å²) < 4.78 is 5.13. The van der Waals surface area contributed by atoms with Gasteiger partial charge in [0.05, 0.1) is 7.11 Å². The molecule has 6 nitrogen and oxygen atoms in total. The van der Waals surface area contributed by atoms with Gasteiger partial charge in [0.2, 0.25) is 5.88 Å². The van der Waals surface area contributed by atoms with Gasteiger partial charge in [0.1, 0.15) is 5.75 Å². The summed E-state index contributed by atoms with van der Waals surface area (Å²) in [7, 11) is 1.61. The van der Waals surface area contributed by atoms with E-state index in [1.165, 1.54) is 10.0 Å². The molecule has 0 spiro atoms. The zero-order chi connectivity index (χ0) is 15.7. The van der Waals surface area contributed by atoms with Gasteiger partial charge in [0.25, 0.3) is 0 Å². The summed E-state index contributed by atoms with van der Waals surface area (Å²) in [4.78, 5) is 0. The third kappa shape index (κ3) is 2.44. The summed E-state index contributed by atoms with van der Waals surface area (Å²) in [5, 5.41) is 17.5. The van der Waals surface area contributed by atoms with Crippen LogP contribution in [0.25, 0.3) is 0 Å². The number of methoxy groups -OCH3 is 1. The summed E-state index contributed by atoms with van der Waals surface area (Å²) >= 11 is 4.41. The zero-order valence-electron chi connectivity index (χ0n) is 11.9. The molecule has 0 saturated heterocycles. The first-order valence-electron chi connectivity index (χ1n) is 6.64. The number of hydrogen-bond donors (Lipinski definition) is 3. The van der Waals surface area contributed by atoms with E-state index in [1.54, 1.807) is 19.3 Å². The van der Waals surface area contributed by atoms with E-state index < -0.39 is 5.50 Å². The molecule has 7 heteroatoms. The second kappa shape index (κ2) is 5.78. The van der Waals surface area contributed by atoms with Crippen LogP contribution in [0.1, 0.15) is 5.56 Å². The highest BCUT2D eigenvalue weighted by atomic mass is 32.1. The molecule has 0 aromatic heterocycles. The molecule has 3 N–H and O–H groups in total. The van der Waals surface area contributed by atoms with Crippen molar-refractivity contribution in [3.8, 4) is 5.75 Å². The maximum atomic E-state index is 10.3. The molecule has 3 rings (SSSR count). The molecule has 114 valence electrons. The Labute approximate surface area is 133 Å². The van der Waals surface area contributed by atoms with E-state index in [-0.39, 0.29) is 5.88 Å². The second-order valence-electron chi connectivity index (χ2n) is 4.75. The largest absolute Gasteiger partial charge is 0.497 e. The summed E-state index contributed by atoms with van der Waals surface area (Å²) in [6, 6.07) is 7.34. The van der Waals surface area contributed by atoms with Crippen molar-refractivity contribution >= 4 is 18.5 Å². The van der Waals surface area contributed by atoms with Crippen molar-refractivity contribution in [2.75, 3.05) is 7.11 Å². The fourth-order valence-electron chi connectivity index (χ4n) is 2.19. The smallest absolute Gasteiger partial charge is 0.217 e. The molecule has 1 atom stereocenters. The maximum absolute atomic E-state index is 10.3. The van der Waals surface area contributed by atoms with Crippen LogP contribution in [0.3, 0.4) is 0 Å². The van der Waals surface area contributed by atoms with E-state index >= 15 is 0 Å². The molecule has 1 aromatic rings. The topological polar surface area (TPSA) is 74.3 Å². The Kier molecular flexibility index (Phi) is 3.82.